The number of carbonyl (C=O) groups is 1. The fourth-order valence-corrected chi connectivity index (χ4v) is 2.57. The van der Waals surface area contributed by atoms with Crippen molar-refractivity contribution in [2.45, 2.75) is 13.3 Å². The number of rotatable bonds is 2. The molecule has 0 bridgehead atoms. The van der Waals surface area contributed by atoms with E-state index in [1.165, 1.54) is 10.3 Å². The van der Waals surface area contributed by atoms with Crippen molar-refractivity contribution in [3.8, 4) is 0 Å². The van der Waals surface area contributed by atoms with E-state index >= 15 is 0 Å². The summed E-state index contributed by atoms with van der Waals surface area (Å²) in [5.41, 5.74) is 2.24. The van der Waals surface area contributed by atoms with Gasteiger partial charge in [0.1, 0.15) is 0 Å². The number of benzene rings is 1. The SMILES string of the molecule is Cc1ccc2scc(CC(=O)Cl)c2c1. The lowest BCUT2D eigenvalue weighted by molar-refractivity contribution is -0.111. The van der Waals surface area contributed by atoms with Crippen LogP contribution in [0.15, 0.2) is 23.6 Å². The molecule has 0 aliphatic rings. The Balaban J connectivity index is 2.55. The number of halogens is 1. The van der Waals surface area contributed by atoms with Crippen LogP contribution in [0, 0.1) is 6.92 Å². The van der Waals surface area contributed by atoms with Crippen molar-refractivity contribution in [2.75, 3.05) is 0 Å². The first-order valence-electron chi connectivity index (χ1n) is 4.32. The van der Waals surface area contributed by atoms with Gasteiger partial charge in [-0.1, -0.05) is 17.7 Å². The molecule has 0 radical (unpaired) electrons. The van der Waals surface area contributed by atoms with Gasteiger partial charge in [-0.15, -0.1) is 11.3 Å². The lowest BCUT2D eigenvalue weighted by atomic mass is 10.1. The maximum atomic E-state index is 10.8. The number of fused-ring (bicyclic) bond motifs is 1. The van der Waals surface area contributed by atoms with Crippen molar-refractivity contribution in [3.05, 3.63) is 34.7 Å². The number of hydrogen-bond donors (Lipinski definition) is 0. The first-order chi connectivity index (χ1) is 6.66. The van der Waals surface area contributed by atoms with Crippen molar-refractivity contribution >= 4 is 38.3 Å². The van der Waals surface area contributed by atoms with E-state index in [1.54, 1.807) is 11.3 Å². The van der Waals surface area contributed by atoms with Gasteiger partial charge in [0.25, 0.3) is 0 Å². The molecule has 1 heterocycles. The number of hydrogen-bond acceptors (Lipinski definition) is 2. The molecule has 0 fully saturated rings. The highest BCUT2D eigenvalue weighted by molar-refractivity contribution is 7.17. The van der Waals surface area contributed by atoms with Crippen LogP contribution in [0.4, 0.5) is 0 Å². The molecular weight excluding hydrogens is 216 g/mol. The van der Waals surface area contributed by atoms with Crippen LogP contribution in [0.5, 0.6) is 0 Å². The molecule has 2 aromatic rings. The maximum absolute atomic E-state index is 10.8. The van der Waals surface area contributed by atoms with E-state index < -0.39 is 0 Å². The molecule has 0 saturated heterocycles. The second-order valence-electron chi connectivity index (χ2n) is 3.29. The Morgan fingerprint density at radius 2 is 2.29 bits per heavy atom. The van der Waals surface area contributed by atoms with E-state index in [-0.39, 0.29) is 5.24 Å². The largest absolute Gasteiger partial charge is 0.281 e. The monoisotopic (exact) mass is 224 g/mol. The van der Waals surface area contributed by atoms with Gasteiger partial charge >= 0.3 is 0 Å². The van der Waals surface area contributed by atoms with Crippen LogP contribution in [-0.4, -0.2) is 5.24 Å². The standard InChI is InChI=1S/C11H9ClOS/c1-7-2-3-10-9(4-7)8(6-14-10)5-11(12)13/h2-4,6H,5H2,1H3. The van der Waals surface area contributed by atoms with Gasteiger partial charge in [-0.05, 0) is 40.9 Å². The van der Waals surface area contributed by atoms with Crippen LogP contribution >= 0.6 is 22.9 Å². The lowest BCUT2D eigenvalue weighted by Gasteiger charge is -1.96. The van der Waals surface area contributed by atoms with Crippen molar-refractivity contribution in [1.29, 1.82) is 0 Å². The summed E-state index contributed by atoms with van der Waals surface area (Å²) in [5, 5.41) is 2.86. The third kappa shape index (κ3) is 1.81. The summed E-state index contributed by atoms with van der Waals surface area (Å²) in [4.78, 5) is 10.8. The van der Waals surface area contributed by atoms with Crippen LogP contribution in [0.1, 0.15) is 11.1 Å². The normalized spacial score (nSPS) is 10.7. The van der Waals surface area contributed by atoms with Gasteiger partial charge in [0.05, 0.1) is 0 Å². The Labute approximate surface area is 91.3 Å². The highest BCUT2D eigenvalue weighted by Gasteiger charge is 2.06. The smallest absolute Gasteiger partial charge is 0.226 e. The van der Waals surface area contributed by atoms with Gasteiger partial charge in [-0.2, -0.15) is 0 Å². The van der Waals surface area contributed by atoms with Gasteiger partial charge in [0, 0.05) is 11.1 Å². The molecule has 1 aromatic carbocycles. The van der Waals surface area contributed by atoms with Gasteiger partial charge in [0.2, 0.25) is 5.24 Å². The van der Waals surface area contributed by atoms with Crippen LogP contribution in [0.25, 0.3) is 10.1 Å². The number of carbonyl (C=O) groups excluding carboxylic acids is 1. The molecule has 1 nitrogen and oxygen atoms in total. The fourth-order valence-electron chi connectivity index (χ4n) is 1.48. The molecule has 0 aliphatic carbocycles. The third-order valence-electron chi connectivity index (χ3n) is 2.14. The van der Waals surface area contributed by atoms with E-state index in [2.05, 4.69) is 18.2 Å². The summed E-state index contributed by atoms with van der Waals surface area (Å²) in [6, 6.07) is 6.25. The van der Waals surface area contributed by atoms with Gasteiger partial charge < -0.3 is 0 Å². The summed E-state index contributed by atoms with van der Waals surface area (Å²) in [7, 11) is 0. The lowest BCUT2D eigenvalue weighted by Crippen LogP contribution is -1.91. The molecule has 0 N–H and O–H groups in total. The summed E-state index contributed by atoms with van der Waals surface area (Å²) in [6.45, 7) is 2.05. The maximum Gasteiger partial charge on any atom is 0.226 e. The van der Waals surface area contributed by atoms with Gasteiger partial charge in [-0.25, -0.2) is 0 Å². The second kappa shape index (κ2) is 3.71. The van der Waals surface area contributed by atoms with E-state index in [4.69, 9.17) is 11.6 Å². The molecule has 2 rings (SSSR count). The third-order valence-corrected chi connectivity index (χ3v) is 3.28. The first kappa shape index (κ1) is 9.69. The average Bonchev–Trinajstić information content (AvgIpc) is 2.47. The molecule has 0 aliphatic heterocycles. The fraction of sp³-hybridized carbons (Fsp3) is 0.182. The highest BCUT2D eigenvalue weighted by Crippen LogP contribution is 2.27. The van der Waals surface area contributed by atoms with E-state index in [1.807, 2.05) is 12.3 Å². The molecule has 0 amide bonds. The van der Waals surface area contributed by atoms with E-state index in [9.17, 15) is 4.79 Å². The molecule has 0 unspecified atom stereocenters. The van der Waals surface area contributed by atoms with Crippen LogP contribution < -0.4 is 0 Å². The highest BCUT2D eigenvalue weighted by atomic mass is 35.5. The summed E-state index contributed by atoms with van der Waals surface area (Å²) >= 11 is 7.03. The zero-order valence-corrected chi connectivity index (χ0v) is 9.28. The molecule has 72 valence electrons. The Bertz CT molecular complexity index is 487. The predicted octanol–water partition coefficient (Wildman–Crippen LogP) is 3.52. The minimum Gasteiger partial charge on any atom is -0.281 e. The second-order valence-corrected chi connectivity index (χ2v) is 4.63. The number of aryl methyl sites for hydroxylation is 1. The Kier molecular flexibility index (Phi) is 2.57. The molecule has 0 saturated carbocycles. The molecule has 0 atom stereocenters. The average molecular weight is 225 g/mol. The van der Waals surface area contributed by atoms with E-state index in [0.717, 1.165) is 10.9 Å². The molecule has 0 spiro atoms. The molecule has 14 heavy (non-hydrogen) atoms. The minimum atomic E-state index is -0.300. The Morgan fingerprint density at radius 3 is 3.00 bits per heavy atom. The quantitative estimate of drug-likeness (QED) is 0.714. The van der Waals surface area contributed by atoms with Gasteiger partial charge in [0.15, 0.2) is 0 Å². The van der Waals surface area contributed by atoms with E-state index in [0.29, 0.717) is 6.42 Å². The summed E-state index contributed by atoms with van der Waals surface area (Å²) in [6.07, 6.45) is 0.324. The van der Waals surface area contributed by atoms with Crippen molar-refractivity contribution in [1.82, 2.24) is 0 Å². The molecular formula is C11H9ClOS. The molecule has 3 heteroatoms. The Hall–Kier alpha value is -0.860. The van der Waals surface area contributed by atoms with Gasteiger partial charge in [-0.3, -0.25) is 4.79 Å². The Morgan fingerprint density at radius 1 is 1.50 bits per heavy atom. The first-order valence-corrected chi connectivity index (χ1v) is 5.57. The predicted molar refractivity (Wildman–Crippen MR) is 61.1 cm³/mol. The van der Waals surface area contributed by atoms with Crippen LogP contribution in [0.2, 0.25) is 0 Å². The van der Waals surface area contributed by atoms with Crippen molar-refractivity contribution in [3.63, 3.8) is 0 Å². The number of thiophene rings is 1. The van der Waals surface area contributed by atoms with Crippen molar-refractivity contribution < 1.29 is 4.79 Å². The van der Waals surface area contributed by atoms with Crippen molar-refractivity contribution in [2.24, 2.45) is 0 Å². The zero-order valence-electron chi connectivity index (χ0n) is 7.71. The zero-order chi connectivity index (χ0) is 10.1. The summed E-state index contributed by atoms with van der Waals surface area (Å²) in [5.74, 6) is 0. The minimum absolute atomic E-state index is 0.300. The van der Waals surface area contributed by atoms with Crippen LogP contribution in [-0.2, 0) is 11.2 Å². The molecule has 1 aromatic heterocycles. The summed E-state index contributed by atoms with van der Waals surface area (Å²) < 4.78 is 1.21. The topological polar surface area (TPSA) is 17.1 Å². The van der Waals surface area contributed by atoms with Crippen LogP contribution in [0.3, 0.4) is 0 Å².